The van der Waals surface area contributed by atoms with Gasteiger partial charge in [-0.3, -0.25) is 0 Å². The maximum atomic E-state index is 10.8. The Labute approximate surface area is 139 Å². The van der Waals surface area contributed by atoms with Crippen LogP contribution in [-0.2, 0) is 4.79 Å². The topological polar surface area (TPSA) is 74.2 Å². The van der Waals surface area contributed by atoms with Crippen LogP contribution in [0.2, 0.25) is 0 Å². The number of fused-ring (bicyclic) bond motifs is 1. The molecular weight excluding hydrogens is 312 g/mol. The molecule has 1 aliphatic rings. The third kappa shape index (κ3) is 3.22. The number of carboxylic acid groups (broad SMARTS) is 1. The zero-order valence-electron chi connectivity index (χ0n) is 13.4. The van der Waals surface area contributed by atoms with Crippen LogP contribution in [-0.4, -0.2) is 31.6 Å². The second kappa shape index (κ2) is 6.70. The monoisotopic (exact) mass is 330 g/mol. The number of hydrogen-bond donors (Lipinski definition) is 1. The lowest BCUT2D eigenvalue weighted by atomic mass is 9.92. The number of aliphatic carboxylic acids is 1. The quantitative estimate of drug-likeness (QED) is 0.877. The number of ether oxygens (including phenoxy) is 4. The summed E-state index contributed by atoms with van der Waals surface area (Å²) in [5, 5.41) is 8.88. The molecule has 0 saturated carbocycles. The molecule has 24 heavy (non-hydrogen) atoms. The minimum absolute atomic E-state index is 0.0193. The zero-order valence-corrected chi connectivity index (χ0v) is 13.4. The van der Waals surface area contributed by atoms with Crippen molar-refractivity contribution >= 4 is 5.97 Å². The molecule has 6 nitrogen and oxygen atoms in total. The number of hydrogen-bond acceptors (Lipinski definition) is 5. The average Bonchev–Trinajstić information content (AvgIpc) is 3.05. The summed E-state index contributed by atoms with van der Waals surface area (Å²) < 4.78 is 21.4. The molecule has 6 heteroatoms. The SMILES string of the molecule is COc1ccc([C@@H](C)c2cc3c(cc2OCC(=O)O)OCO3)cc1. The van der Waals surface area contributed by atoms with E-state index in [-0.39, 0.29) is 12.7 Å². The molecule has 3 rings (SSSR count). The van der Waals surface area contributed by atoms with E-state index in [9.17, 15) is 4.79 Å². The Balaban J connectivity index is 1.95. The molecule has 0 saturated heterocycles. The Hall–Kier alpha value is -2.89. The van der Waals surface area contributed by atoms with Gasteiger partial charge in [0.1, 0.15) is 11.5 Å². The lowest BCUT2D eigenvalue weighted by molar-refractivity contribution is -0.139. The van der Waals surface area contributed by atoms with Crippen LogP contribution in [0.1, 0.15) is 24.0 Å². The Morgan fingerprint density at radius 3 is 2.50 bits per heavy atom. The highest BCUT2D eigenvalue weighted by atomic mass is 16.7. The minimum Gasteiger partial charge on any atom is -0.497 e. The normalized spacial score (nSPS) is 13.4. The van der Waals surface area contributed by atoms with Gasteiger partial charge in [0, 0.05) is 17.5 Å². The van der Waals surface area contributed by atoms with E-state index in [0.29, 0.717) is 17.2 Å². The fourth-order valence-corrected chi connectivity index (χ4v) is 2.61. The number of carbonyl (C=O) groups is 1. The molecule has 0 aromatic heterocycles. The second-order valence-corrected chi connectivity index (χ2v) is 5.42. The number of rotatable bonds is 6. The van der Waals surface area contributed by atoms with Crippen molar-refractivity contribution in [2.24, 2.45) is 0 Å². The van der Waals surface area contributed by atoms with Crippen molar-refractivity contribution in [1.29, 1.82) is 0 Å². The van der Waals surface area contributed by atoms with Crippen LogP contribution in [0.25, 0.3) is 0 Å². The predicted octanol–water partition coefficient (Wildman–Crippen LogP) is 3.04. The predicted molar refractivity (Wildman–Crippen MR) is 86.2 cm³/mol. The minimum atomic E-state index is -1.03. The van der Waals surface area contributed by atoms with Gasteiger partial charge in [-0.2, -0.15) is 0 Å². The second-order valence-electron chi connectivity index (χ2n) is 5.42. The van der Waals surface area contributed by atoms with Crippen molar-refractivity contribution < 1.29 is 28.8 Å². The standard InChI is InChI=1S/C18H18O6/c1-11(12-3-5-13(21-2)6-4-12)14-7-16-17(24-10-23-16)8-15(14)22-9-18(19)20/h3-8,11H,9-10H2,1-2H3,(H,19,20)/t11-/m1/s1. The van der Waals surface area contributed by atoms with Gasteiger partial charge in [0.25, 0.3) is 0 Å². The van der Waals surface area contributed by atoms with Crippen molar-refractivity contribution in [3.05, 3.63) is 47.5 Å². The van der Waals surface area contributed by atoms with Crippen LogP contribution in [0.5, 0.6) is 23.0 Å². The molecule has 1 heterocycles. The Bertz CT molecular complexity index is 738. The molecule has 2 aromatic carbocycles. The first-order chi connectivity index (χ1) is 11.6. The molecular formula is C18H18O6. The highest BCUT2D eigenvalue weighted by Crippen LogP contribution is 2.42. The van der Waals surface area contributed by atoms with Gasteiger partial charge in [0.2, 0.25) is 6.79 Å². The summed E-state index contributed by atoms with van der Waals surface area (Å²) in [6.07, 6.45) is 0. The van der Waals surface area contributed by atoms with Gasteiger partial charge in [-0.25, -0.2) is 4.79 Å². The van der Waals surface area contributed by atoms with Crippen molar-refractivity contribution in [3.8, 4) is 23.0 Å². The van der Waals surface area contributed by atoms with Gasteiger partial charge in [-0.05, 0) is 23.8 Å². The highest BCUT2D eigenvalue weighted by Gasteiger charge is 2.22. The van der Waals surface area contributed by atoms with Crippen LogP contribution < -0.4 is 18.9 Å². The van der Waals surface area contributed by atoms with E-state index >= 15 is 0 Å². The molecule has 0 spiro atoms. The molecule has 126 valence electrons. The first kappa shape index (κ1) is 16.0. The smallest absolute Gasteiger partial charge is 0.341 e. The summed E-state index contributed by atoms with van der Waals surface area (Å²) in [7, 11) is 1.62. The Morgan fingerprint density at radius 2 is 1.88 bits per heavy atom. The third-order valence-electron chi connectivity index (χ3n) is 3.94. The molecule has 0 amide bonds. The van der Waals surface area contributed by atoms with Crippen molar-refractivity contribution in [1.82, 2.24) is 0 Å². The molecule has 0 unspecified atom stereocenters. The van der Waals surface area contributed by atoms with Gasteiger partial charge in [0.05, 0.1) is 7.11 Å². The zero-order chi connectivity index (χ0) is 17.1. The molecule has 1 atom stereocenters. The van der Waals surface area contributed by atoms with Crippen molar-refractivity contribution in [2.75, 3.05) is 20.5 Å². The first-order valence-corrected chi connectivity index (χ1v) is 7.50. The number of benzene rings is 2. The maximum absolute atomic E-state index is 10.8. The molecule has 1 aliphatic heterocycles. The van der Waals surface area contributed by atoms with E-state index in [1.54, 1.807) is 13.2 Å². The summed E-state index contributed by atoms with van der Waals surface area (Å²) in [6.45, 7) is 1.75. The number of carboxylic acids is 1. The molecule has 0 fully saturated rings. The summed E-state index contributed by atoms with van der Waals surface area (Å²) >= 11 is 0. The maximum Gasteiger partial charge on any atom is 0.341 e. The fourth-order valence-electron chi connectivity index (χ4n) is 2.61. The van der Waals surface area contributed by atoms with E-state index in [1.807, 2.05) is 37.3 Å². The largest absolute Gasteiger partial charge is 0.497 e. The van der Waals surface area contributed by atoms with E-state index in [2.05, 4.69) is 0 Å². The molecule has 0 bridgehead atoms. The van der Waals surface area contributed by atoms with Gasteiger partial charge in [-0.15, -0.1) is 0 Å². The van der Waals surface area contributed by atoms with Gasteiger partial charge >= 0.3 is 5.97 Å². The van der Waals surface area contributed by atoms with Crippen LogP contribution in [0.15, 0.2) is 36.4 Å². The van der Waals surface area contributed by atoms with Gasteiger partial charge in [0.15, 0.2) is 18.1 Å². The Morgan fingerprint density at radius 1 is 1.21 bits per heavy atom. The average molecular weight is 330 g/mol. The van der Waals surface area contributed by atoms with E-state index in [0.717, 1.165) is 16.9 Å². The highest BCUT2D eigenvalue weighted by molar-refractivity contribution is 5.68. The fraction of sp³-hybridized carbons (Fsp3) is 0.278. The van der Waals surface area contributed by atoms with Crippen molar-refractivity contribution in [3.63, 3.8) is 0 Å². The third-order valence-corrected chi connectivity index (χ3v) is 3.94. The summed E-state index contributed by atoms with van der Waals surface area (Å²) in [5.41, 5.74) is 1.89. The van der Waals surface area contributed by atoms with Gasteiger partial charge in [-0.1, -0.05) is 19.1 Å². The van der Waals surface area contributed by atoms with Crippen LogP contribution >= 0.6 is 0 Å². The van der Waals surface area contributed by atoms with E-state index < -0.39 is 12.6 Å². The molecule has 0 radical (unpaired) electrons. The number of methoxy groups -OCH3 is 1. The first-order valence-electron chi connectivity index (χ1n) is 7.50. The van der Waals surface area contributed by atoms with Crippen LogP contribution in [0.4, 0.5) is 0 Å². The van der Waals surface area contributed by atoms with Crippen molar-refractivity contribution in [2.45, 2.75) is 12.8 Å². The Kier molecular flexibility index (Phi) is 4.46. The molecule has 2 aromatic rings. The van der Waals surface area contributed by atoms with Crippen LogP contribution in [0, 0.1) is 0 Å². The van der Waals surface area contributed by atoms with E-state index in [1.165, 1.54) is 0 Å². The summed E-state index contributed by atoms with van der Waals surface area (Å²) in [5.74, 6) is 1.39. The lowest BCUT2D eigenvalue weighted by Crippen LogP contribution is -2.11. The molecule has 0 aliphatic carbocycles. The summed E-state index contributed by atoms with van der Waals surface area (Å²) in [6, 6.07) is 11.2. The molecule has 1 N–H and O–H groups in total. The summed E-state index contributed by atoms with van der Waals surface area (Å²) in [4.78, 5) is 10.8. The lowest BCUT2D eigenvalue weighted by Gasteiger charge is -2.18. The van der Waals surface area contributed by atoms with E-state index in [4.69, 9.17) is 24.1 Å². The van der Waals surface area contributed by atoms with Gasteiger partial charge < -0.3 is 24.1 Å². The van der Waals surface area contributed by atoms with Crippen LogP contribution in [0.3, 0.4) is 0 Å².